The maximum Gasteiger partial charge on any atom is 0.226 e. The van der Waals surface area contributed by atoms with Crippen molar-refractivity contribution in [1.29, 1.82) is 0 Å². The molecule has 0 aliphatic carbocycles. The molecule has 0 bridgehead atoms. The van der Waals surface area contributed by atoms with E-state index < -0.39 is 9.84 Å². The first-order chi connectivity index (χ1) is 12.8. The van der Waals surface area contributed by atoms with Crippen LogP contribution in [0.1, 0.15) is 17.9 Å². The van der Waals surface area contributed by atoms with Crippen molar-refractivity contribution in [3.8, 4) is 5.75 Å². The molecule has 2 N–H and O–H groups in total. The molecule has 2 aromatic carbocycles. The Morgan fingerprint density at radius 3 is 2.36 bits per heavy atom. The van der Waals surface area contributed by atoms with Gasteiger partial charge in [0.2, 0.25) is 5.91 Å². The molecule has 1 aliphatic heterocycles. The molecule has 2 aromatic rings. The number of benzene rings is 2. The van der Waals surface area contributed by atoms with Crippen molar-refractivity contribution in [2.75, 3.05) is 26.0 Å². The summed E-state index contributed by atoms with van der Waals surface area (Å²) in [5.74, 6) is 0.701. The standard InChI is InChI=1S/C20H24N2O4S.ClH/c1-27(24,25)17-9-7-16(8-10-17)26-12-11-20(23)22-13-18(19(21)14-22)15-5-3-2-4-6-15;/h2-10,18-19H,11-14,21H2,1H3;1H/t18-,19+;/m0./s1. The lowest BCUT2D eigenvalue weighted by Crippen LogP contribution is -2.32. The Bertz CT molecular complexity index is 888. The number of carbonyl (C=O) groups excluding carboxylic acids is 1. The highest BCUT2D eigenvalue weighted by molar-refractivity contribution is 7.90. The van der Waals surface area contributed by atoms with Gasteiger partial charge in [-0.1, -0.05) is 30.3 Å². The minimum absolute atomic E-state index is 0. The molecule has 8 heteroatoms. The number of carbonyl (C=O) groups is 1. The van der Waals surface area contributed by atoms with Crippen LogP contribution in [-0.2, 0) is 14.6 Å². The van der Waals surface area contributed by atoms with E-state index >= 15 is 0 Å². The minimum Gasteiger partial charge on any atom is -0.493 e. The van der Waals surface area contributed by atoms with Crippen molar-refractivity contribution in [3.05, 3.63) is 60.2 Å². The Hall–Kier alpha value is -2.09. The fourth-order valence-corrected chi connectivity index (χ4v) is 3.91. The molecule has 1 amide bonds. The van der Waals surface area contributed by atoms with Crippen LogP contribution in [0.4, 0.5) is 0 Å². The second kappa shape index (κ2) is 9.41. The molecule has 6 nitrogen and oxygen atoms in total. The molecule has 1 saturated heterocycles. The number of ether oxygens (including phenoxy) is 1. The topological polar surface area (TPSA) is 89.7 Å². The predicted molar refractivity (Wildman–Crippen MR) is 111 cm³/mol. The predicted octanol–water partition coefficient (Wildman–Crippen LogP) is 2.23. The van der Waals surface area contributed by atoms with Crippen LogP contribution in [0.25, 0.3) is 0 Å². The fraction of sp³-hybridized carbons (Fsp3) is 0.350. The summed E-state index contributed by atoms with van der Waals surface area (Å²) < 4.78 is 28.5. The Labute approximate surface area is 172 Å². The van der Waals surface area contributed by atoms with E-state index in [1.54, 1.807) is 17.0 Å². The van der Waals surface area contributed by atoms with E-state index in [1.807, 2.05) is 30.3 Å². The molecule has 152 valence electrons. The molecule has 0 radical (unpaired) electrons. The number of halogens is 1. The molecule has 1 heterocycles. The highest BCUT2D eigenvalue weighted by atomic mass is 35.5. The van der Waals surface area contributed by atoms with Crippen LogP contribution in [0, 0.1) is 0 Å². The fourth-order valence-electron chi connectivity index (χ4n) is 3.28. The van der Waals surface area contributed by atoms with Gasteiger partial charge < -0.3 is 15.4 Å². The summed E-state index contributed by atoms with van der Waals surface area (Å²) in [7, 11) is -3.23. The Morgan fingerprint density at radius 2 is 1.75 bits per heavy atom. The van der Waals surface area contributed by atoms with E-state index in [2.05, 4.69) is 0 Å². The number of hydrogen-bond donors (Lipinski definition) is 1. The lowest BCUT2D eigenvalue weighted by atomic mass is 9.95. The van der Waals surface area contributed by atoms with Crippen molar-refractivity contribution < 1.29 is 17.9 Å². The van der Waals surface area contributed by atoms with E-state index in [0.717, 1.165) is 11.8 Å². The van der Waals surface area contributed by atoms with Crippen molar-refractivity contribution in [1.82, 2.24) is 4.90 Å². The second-order valence-electron chi connectivity index (χ2n) is 6.82. The van der Waals surface area contributed by atoms with E-state index in [9.17, 15) is 13.2 Å². The molecule has 2 atom stereocenters. The van der Waals surface area contributed by atoms with Gasteiger partial charge in [0.05, 0.1) is 17.9 Å². The highest BCUT2D eigenvalue weighted by Gasteiger charge is 2.33. The number of amides is 1. The van der Waals surface area contributed by atoms with Crippen LogP contribution in [0.3, 0.4) is 0 Å². The Balaban J connectivity index is 0.00000280. The molecule has 1 fully saturated rings. The molecule has 28 heavy (non-hydrogen) atoms. The van der Waals surface area contributed by atoms with Gasteiger partial charge in [0.25, 0.3) is 0 Å². The van der Waals surface area contributed by atoms with Gasteiger partial charge in [-0.25, -0.2) is 8.42 Å². The largest absolute Gasteiger partial charge is 0.493 e. The maximum absolute atomic E-state index is 12.5. The number of likely N-dealkylation sites (tertiary alicyclic amines) is 1. The van der Waals surface area contributed by atoms with Gasteiger partial charge in [0.1, 0.15) is 5.75 Å². The van der Waals surface area contributed by atoms with E-state index in [0.29, 0.717) is 18.8 Å². The highest BCUT2D eigenvalue weighted by Crippen LogP contribution is 2.26. The Morgan fingerprint density at radius 1 is 1.11 bits per heavy atom. The number of hydrogen-bond acceptors (Lipinski definition) is 5. The maximum atomic E-state index is 12.5. The van der Waals surface area contributed by atoms with Gasteiger partial charge in [0, 0.05) is 31.3 Å². The summed E-state index contributed by atoms with van der Waals surface area (Å²) in [6.45, 7) is 1.40. The third-order valence-corrected chi connectivity index (χ3v) is 5.91. The third-order valence-electron chi connectivity index (χ3n) is 4.78. The van der Waals surface area contributed by atoms with Crippen molar-refractivity contribution in [2.24, 2.45) is 5.73 Å². The average Bonchev–Trinajstić information content (AvgIpc) is 3.04. The number of nitrogens with zero attached hydrogens (tertiary/aromatic N) is 1. The summed E-state index contributed by atoms with van der Waals surface area (Å²) in [6, 6.07) is 16.1. The molecular weight excluding hydrogens is 400 g/mol. The zero-order valence-electron chi connectivity index (χ0n) is 15.7. The van der Waals surface area contributed by atoms with Crippen LogP contribution < -0.4 is 10.5 Å². The first kappa shape index (κ1) is 22.2. The lowest BCUT2D eigenvalue weighted by Gasteiger charge is -2.16. The summed E-state index contributed by atoms with van der Waals surface area (Å²) in [4.78, 5) is 14.5. The van der Waals surface area contributed by atoms with Crippen LogP contribution in [0.15, 0.2) is 59.5 Å². The normalized spacial score (nSPS) is 19.1. The van der Waals surface area contributed by atoms with Crippen molar-refractivity contribution in [3.63, 3.8) is 0 Å². The van der Waals surface area contributed by atoms with E-state index in [1.165, 1.54) is 12.1 Å². The minimum atomic E-state index is -3.23. The van der Waals surface area contributed by atoms with Crippen molar-refractivity contribution >= 4 is 28.2 Å². The SMILES string of the molecule is CS(=O)(=O)c1ccc(OCCC(=O)N2C[C@@H](N)[C@H](c3ccccc3)C2)cc1.Cl. The number of sulfone groups is 1. The first-order valence-electron chi connectivity index (χ1n) is 8.86. The quantitative estimate of drug-likeness (QED) is 0.768. The van der Waals surface area contributed by atoms with Crippen LogP contribution in [0.2, 0.25) is 0 Å². The number of nitrogens with two attached hydrogens (primary N) is 1. The van der Waals surface area contributed by atoms with Gasteiger partial charge in [-0.15, -0.1) is 12.4 Å². The summed E-state index contributed by atoms with van der Waals surface area (Å²) in [5, 5.41) is 0. The molecule has 0 spiro atoms. The summed E-state index contributed by atoms with van der Waals surface area (Å²) >= 11 is 0. The van der Waals surface area contributed by atoms with E-state index in [-0.39, 0.29) is 48.2 Å². The van der Waals surface area contributed by atoms with E-state index in [4.69, 9.17) is 10.5 Å². The monoisotopic (exact) mass is 424 g/mol. The molecule has 0 unspecified atom stereocenters. The molecule has 0 aromatic heterocycles. The molecule has 3 rings (SSSR count). The van der Waals surface area contributed by atoms with Gasteiger partial charge >= 0.3 is 0 Å². The van der Waals surface area contributed by atoms with Crippen LogP contribution in [-0.4, -0.2) is 51.2 Å². The average molecular weight is 425 g/mol. The zero-order chi connectivity index (χ0) is 19.4. The second-order valence-corrected chi connectivity index (χ2v) is 8.84. The van der Waals surface area contributed by atoms with Crippen LogP contribution in [0.5, 0.6) is 5.75 Å². The number of rotatable bonds is 6. The molecule has 0 saturated carbocycles. The van der Waals surface area contributed by atoms with Gasteiger partial charge in [-0.05, 0) is 29.8 Å². The smallest absolute Gasteiger partial charge is 0.226 e. The van der Waals surface area contributed by atoms with Crippen LogP contribution >= 0.6 is 12.4 Å². The molecular formula is C20H25ClN2O4S. The van der Waals surface area contributed by atoms with Crippen molar-refractivity contribution in [2.45, 2.75) is 23.3 Å². The Kier molecular flexibility index (Phi) is 7.46. The third kappa shape index (κ3) is 5.47. The summed E-state index contributed by atoms with van der Waals surface area (Å²) in [6.07, 6.45) is 1.41. The summed E-state index contributed by atoms with van der Waals surface area (Å²) in [5.41, 5.74) is 7.39. The lowest BCUT2D eigenvalue weighted by molar-refractivity contribution is -0.130. The molecule has 1 aliphatic rings. The van der Waals surface area contributed by atoms with Gasteiger partial charge in [-0.3, -0.25) is 4.79 Å². The van der Waals surface area contributed by atoms with Gasteiger partial charge in [-0.2, -0.15) is 0 Å². The van der Waals surface area contributed by atoms with Gasteiger partial charge in [0.15, 0.2) is 9.84 Å². The first-order valence-corrected chi connectivity index (χ1v) is 10.7. The zero-order valence-corrected chi connectivity index (χ0v) is 17.3.